The SMILES string of the molecule is CCCC[C@@H](CC)CNc1nc2c(c(=O)[nH]c(=O)n2C)n1C[C@@H](C)O. The summed E-state index contributed by atoms with van der Waals surface area (Å²) in [6, 6.07) is 0. The van der Waals surface area contributed by atoms with E-state index in [4.69, 9.17) is 0 Å². The van der Waals surface area contributed by atoms with E-state index in [0.29, 0.717) is 23.0 Å². The number of unbranched alkanes of at least 4 members (excludes halogenated alkanes) is 1. The molecule has 8 heteroatoms. The second-order valence-electron chi connectivity index (χ2n) is 6.68. The Bertz CT molecular complexity index is 818. The van der Waals surface area contributed by atoms with E-state index < -0.39 is 17.4 Å². The highest BCUT2D eigenvalue weighted by Crippen LogP contribution is 2.18. The van der Waals surface area contributed by atoms with Crippen molar-refractivity contribution < 1.29 is 5.11 Å². The predicted molar refractivity (Wildman–Crippen MR) is 99.1 cm³/mol. The van der Waals surface area contributed by atoms with Crippen molar-refractivity contribution in [3.8, 4) is 0 Å². The van der Waals surface area contributed by atoms with Gasteiger partial charge in [-0.2, -0.15) is 4.98 Å². The topological polar surface area (TPSA) is 105 Å². The number of imidazole rings is 1. The molecule has 0 aliphatic carbocycles. The molecule has 0 saturated heterocycles. The van der Waals surface area contributed by atoms with E-state index in [1.807, 2.05) is 0 Å². The zero-order valence-corrected chi connectivity index (χ0v) is 15.5. The molecule has 0 aliphatic heterocycles. The summed E-state index contributed by atoms with van der Waals surface area (Å²) in [5, 5.41) is 13.1. The van der Waals surface area contributed by atoms with E-state index in [1.54, 1.807) is 18.5 Å². The lowest BCUT2D eigenvalue weighted by atomic mass is 9.99. The molecular formula is C17H29N5O3. The van der Waals surface area contributed by atoms with Gasteiger partial charge in [0.2, 0.25) is 5.95 Å². The molecule has 0 spiro atoms. The number of aliphatic hydroxyl groups excluding tert-OH is 1. The predicted octanol–water partition coefficient (Wildman–Crippen LogP) is 1.43. The average Bonchev–Trinajstić information content (AvgIpc) is 2.91. The Morgan fingerprint density at radius 3 is 2.64 bits per heavy atom. The molecule has 3 N–H and O–H groups in total. The van der Waals surface area contributed by atoms with Crippen LogP contribution in [0.15, 0.2) is 9.59 Å². The first-order valence-corrected chi connectivity index (χ1v) is 9.00. The van der Waals surface area contributed by atoms with Crippen LogP contribution in [-0.4, -0.2) is 36.9 Å². The summed E-state index contributed by atoms with van der Waals surface area (Å²) in [5.74, 6) is 1.03. The van der Waals surface area contributed by atoms with Gasteiger partial charge in [0.1, 0.15) is 0 Å². The maximum atomic E-state index is 12.3. The molecule has 2 rings (SSSR count). The Balaban J connectivity index is 2.41. The molecule has 2 atom stereocenters. The van der Waals surface area contributed by atoms with Crippen LogP contribution in [0.5, 0.6) is 0 Å². The number of nitrogens with one attached hydrogen (secondary N) is 2. The zero-order chi connectivity index (χ0) is 18.6. The molecule has 2 heterocycles. The second kappa shape index (κ2) is 8.33. The number of aryl methyl sites for hydroxylation is 1. The molecule has 140 valence electrons. The minimum atomic E-state index is -0.642. The number of fused-ring (bicyclic) bond motifs is 1. The molecule has 0 saturated carbocycles. The first-order chi connectivity index (χ1) is 11.9. The molecule has 0 radical (unpaired) electrons. The monoisotopic (exact) mass is 351 g/mol. The maximum Gasteiger partial charge on any atom is 0.329 e. The van der Waals surface area contributed by atoms with Gasteiger partial charge in [-0.1, -0.05) is 33.1 Å². The molecule has 2 aromatic heterocycles. The number of rotatable bonds is 9. The van der Waals surface area contributed by atoms with Crippen molar-refractivity contribution in [2.24, 2.45) is 13.0 Å². The van der Waals surface area contributed by atoms with Crippen LogP contribution >= 0.6 is 0 Å². The molecule has 0 aliphatic rings. The Kier molecular flexibility index (Phi) is 6.41. The van der Waals surface area contributed by atoms with Gasteiger partial charge in [0.15, 0.2) is 11.2 Å². The minimum absolute atomic E-state index is 0.228. The summed E-state index contributed by atoms with van der Waals surface area (Å²) < 4.78 is 2.97. The molecule has 0 aromatic carbocycles. The molecule has 25 heavy (non-hydrogen) atoms. The van der Waals surface area contributed by atoms with E-state index in [9.17, 15) is 14.7 Å². The van der Waals surface area contributed by atoms with Crippen molar-refractivity contribution in [3.63, 3.8) is 0 Å². The van der Waals surface area contributed by atoms with Crippen molar-refractivity contribution in [2.45, 2.75) is 59.1 Å². The lowest BCUT2D eigenvalue weighted by Crippen LogP contribution is -2.29. The number of hydrogen-bond acceptors (Lipinski definition) is 5. The summed E-state index contributed by atoms with van der Waals surface area (Å²) in [6.45, 7) is 6.96. The van der Waals surface area contributed by atoms with Crippen molar-refractivity contribution in [1.29, 1.82) is 0 Å². The Labute approximate surface area is 146 Å². The van der Waals surface area contributed by atoms with Crippen molar-refractivity contribution in [2.75, 3.05) is 11.9 Å². The fourth-order valence-electron chi connectivity index (χ4n) is 2.99. The highest BCUT2D eigenvalue weighted by molar-refractivity contribution is 5.74. The number of hydrogen-bond donors (Lipinski definition) is 3. The smallest absolute Gasteiger partial charge is 0.329 e. The van der Waals surface area contributed by atoms with Crippen molar-refractivity contribution in [3.05, 3.63) is 20.8 Å². The lowest BCUT2D eigenvalue weighted by molar-refractivity contribution is 0.175. The molecule has 0 bridgehead atoms. The van der Waals surface area contributed by atoms with E-state index in [-0.39, 0.29) is 6.54 Å². The molecular weight excluding hydrogens is 322 g/mol. The number of anilines is 1. The largest absolute Gasteiger partial charge is 0.392 e. The standard InChI is InChI=1S/C17H29N5O3/c1-5-7-8-12(6-2)9-18-16-19-14-13(22(16)10-11(3)23)15(24)20-17(25)21(14)4/h11-12,23H,5-10H2,1-4H3,(H,18,19)(H,20,24,25)/t11-,12-/m1/s1. The maximum absolute atomic E-state index is 12.3. The van der Waals surface area contributed by atoms with Crippen LogP contribution in [0.4, 0.5) is 5.95 Å². The third-order valence-corrected chi connectivity index (χ3v) is 4.55. The first kappa shape index (κ1) is 19.2. The quantitative estimate of drug-likeness (QED) is 0.634. The van der Waals surface area contributed by atoms with Crippen molar-refractivity contribution >= 4 is 17.1 Å². The summed E-state index contributed by atoms with van der Waals surface area (Å²) in [4.78, 5) is 30.8. The average molecular weight is 351 g/mol. The highest BCUT2D eigenvalue weighted by Gasteiger charge is 2.19. The van der Waals surface area contributed by atoms with Gasteiger partial charge >= 0.3 is 5.69 Å². The molecule has 0 fully saturated rings. The van der Waals surface area contributed by atoms with Crippen LogP contribution in [0.1, 0.15) is 46.5 Å². The van der Waals surface area contributed by atoms with Gasteiger partial charge < -0.3 is 15.0 Å². The van der Waals surface area contributed by atoms with E-state index in [0.717, 1.165) is 25.8 Å². The fraction of sp³-hybridized carbons (Fsp3) is 0.706. The van der Waals surface area contributed by atoms with Gasteiger partial charge in [-0.15, -0.1) is 0 Å². The summed E-state index contributed by atoms with van der Waals surface area (Å²) in [7, 11) is 1.57. The number of aromatic amines is 1. The van der Waals surface area contributed by atoms with E-state index in [2.05, 4.69) is 29.1 Å². The van der Waals surface area contributed by atoms with Gasteiger partial charge in [0.25, 0.3) is 5.56 Å². The molecule has 0 unspecified atom stereocenters. The summed E-state index contributed by atoms with van der Waals surface area (Å²) in [5.41, 5.74) is -0.372. The van der Waals surface area contributed by atoms with Crippen LogP contribution in [0.25, 0.3) is 11.2 Å². The van der Waals surface area contributed by atoms with Gasteiger partial charge in [-0.05, 0) is 19.3 Å². The van der Waals surface area contributed by atoms with Gasteiger partial charge in [-0.3, -0.25) is 14.3 Å². The number of nitrogens with zero attached hydrogens (tertiary/aromatic N) is 3. The number of aromatic nitrogens is 4. The Morgan fingerprint density at radius 2 is 2.04 bits per heavy atom. The summed E-state index contributed by atoms with van der Waals surface area (Å²) in [6.07, 6.45) is 3.89. The number of aliphatic hydroxyl groups is 1. The second-order valence-corrected chi connectivity index (χ2v) is 6.68. The molecule has 0 amide bonds. The van der Waals surface area contributed by atoms with Crippen LogP contribution in [-0.2, 0) is 13.6 Å². The van der Waals surface area contributed by atoms with Gasteiger partial charge in [0.05, 0.1) is 12.6 Å². The zero-order valence-electron chi connectivity index (χ0n) is 15.5. The molecule has 2 aromatic rings. The number of H-pyrrole nitrogens is 1. The van der Waals surface area contributed by atoms with Crippen LogP contribution < -0.4 is 16.6 Å². The minimum Gasteiger partial charge on any atom is -0.392 e. The van der Waals surface area contributed by atoms with Gasteiger partial charge in [0, 0.05) is 13.6 Å². The Hall–Kier alpha value is -2.09. The van der Waals surface area contributed by atoms with Crippen LogP contribution in [0, 0.1) is 5.92 Å². The van der Waals surface area contributed by atoms with Crippen molar-refractivity contribution in [1.82, 2.24) is 19.1 Å². The van der Waals surface area contributed by atoms with E-state index >= 15 is 0 Å². The third kappa shape index (κ3) is 4.31. The summed E-state index contributed by atoms with van der Waals surface area (Å²) >= 11 is 0. The molecule has 8 nitrogen and oxygen atoms in total. The highest BCUT2D eigenvalue weighted by atomic mass is 16.3. The van der Waals surface area contributed by atoms with Gasteiger partial charge in [-0.25, -0.2) is 4.79 Å². The third-order valence-electron chi connectivity index (χ3n) is 4.55. The fourth-order valence-corrected chi connectivity index (χ4v) is 2.99. The lowest BCUT2D eigenvalue weighted by Gasteiger charge is -2.17. The van der Waals surface area contributed by atoms with E-state index in [1.165, 1.54) is 11.0 Å². The Morgan fingerprint density at radius 1 is 1.32 bits per heavy atom. The first-order valence-electron chi connectivity index (χ1n) is 9.00. The normalized spacial score (nSPS) is 14.0. The van der Waals surface area contributed by atoms with Crippen LogP contribution in [0.2, 0.25) is 0 Å². The van der Waals surface area contributed by atoms with Crippen LogP contribution in [0.3, 0.4) is 0 Å².